The van der Waals surface area contributed by atoms with Crippen LogP contribution in [-0.2, 0) is 19.2 Å². The number of hydrogen-bond donors (Lipinski definition) is 2. The first kappa shape index (κ1) is 27.2. The van der Waals surface area contributed by atoms with E-state index in [-0.39, 0.29) is 53.4 Å². The third-order valence-corrected chi connectivity index (χ3v) is 11.6. The van der Waals surface area contributed by atoms with Crippen molar-refractivity contribution in [2.75, 3.05) is 0 Å². The van der Waals surface area contributed by atoms with E-state index in [1.165, 1.54) is 0 Å². The SMILES string of the molecule is CC(CC(=O)CC(C)[C@H]1C[C@H](O)[C@@]2(C)C3=C(C(=O)C[C@]12C)[C@@]1(C)CCC(=O)C(C)(C)C1CC3)C(=O)O. The van der Waals surface area contributed by atoms with Gasteiger partial charge in [0.25, 0.3) is 0 Å². The van der Waals surface area contributed by atoms with E-state index in [0.717, 1.165) is 24.0 Å². The van der Waals surface area contributed by atoms with E-state index in [2.05, 4.69) is 20.8 Å². The fourth-order valence-electron chi connectivity index (χ4n) is 9.26. The maximum absolute atomic E-state index is 14.0. The number of carboxylic acids is 1. The van der Waals surface area contributed by atoms with Gasteiger partial charge in [0.1, 0.15) is 11.6 Å². The van der Waals surface area contributed by atoms with Crippen molar-refractivity contribution in [2.45, 2.75) is 106 Å². The van der Waals surface area contributed by atoms with Crippen LogP contribution in [0.5, 0.6) is 0 Å². The van der Waals surface area contributed by atoms with Gasteiger partial charge in [-0.1, -0.05) is 54.0 Å². The smallest absolute Gasteiger partial charge is 0.306 e. The van der Waals surface area contributed by atoms with Crippen molar-refractivity contribution in [1.82, 2.24) is 0 Å². The molecule has 0 aromatic rings. The van der Waals surface area contributed by atoms with E-state index in [1.54, 1.807) is 6.92 Å². The number of Topliss-reactive ketones (excluding diaryl/α,β-unsaturated/α-hetero) is 3. The molecule has 0 aromatic carbocycles. The van der Waals surface area contributed by atoms with Crippen molar-refractivity contribution in [2.24, 2.45) is 45.3 Å². The van der Waals surface area contributed by atoms with Gasteiger partial charge in [0, 0.05) is 47.5 Å². The Morgan fingerprint density at radius 2 is 1.67 bits per heavy atom. The molecule has 2 saturated carbocycles. The second-order valence-corrected chi connectivity index (χ2v) is 13.7. The quantitative estimate of drug-likeness (QED) is 0.521. The van der Waals surface area contributed by atoms with Crippen molar-refractivity contribution in [3.05, 3.63) is 11.1 Å². The minimum Gasteiger partial charge on any atom is -0.481 e. The Balaban J connectivity index is 1.70. The molecule has 0 aliphatic heterocycles. The Morgan fingerprint density at radius 3 is 2.28 bits per heavy atom. The summed E-state index contributed by atoms with van der Waals surface area (Å²) in [5.41, 5.74) is 0.108. The predicted octanol–water partition coefficient (Wildman–Crippen LogP) is 5.16. The second-order valence-electron chi connectivity index (χ2n) is 13.7. The van der Waals surface area contributed by atoms with Crippen molar-refractivity contribution < 1.29 is 29.4 Å². The van der Waals surface area contributed by atoms with E-state index in [9.17, 15) is 29.4 Å². The molecule has 4 aliphatic rings. The summed E-state index contributed by atoms with van der Waals surface area (Å²) in [6.07, 6.45) is 3.25. The number of ketones is 3. The standard InChI is InChI=1S/C30H44O6/c1-16(12-18(31)13-17(2)26(35)36)20-14-24(34)30(7)19-8-9-22-27(3,4)23(33)10-11-28(22,5)25(19)21(32)15-29(20,30)6/h16-17,20,22,24,34H,8-15H2,1-7H3,(H,35,36)/t16?,17?,20-,22?,24+,28+,29-,30-/m1/s1. The summed E-state index contributed by atoms with van der Waals surface area (Å²) in [5.74, 6) is -1.29. The highest BCUT2D eigenvalue weighted by molar-refractivity contribution is 6.00. The lowest BCUT2D eigenvalue weighted by molar-refractivity contribution is -0.143. The number of rotatable bonds is 6. The molecule has 4 aliphatic carbocycles. The third-order valence-electron chi connectivity index (χ3n) is 11.6. The van der Waals surface area contributed by atoms with Gasteiger partial charge in [-0.15, -0.1) is 0 Å². The predicted molar refractivity (Wildman–Crippen MR) is 136 cm³/mol. The average Bonchev–Trinajstić information content (AvgIpc) is 2.97. The average molecular weight is 501 g/mol. The molecule has 0 aromatic heterocycles. The van der Waals surface area contributed by atoms with Crippen LogP contribution in [0.3, 0.4) is 0 Å². The first-order valence-electron chi connectivity index (χ1n) is 13.7. The van der Waals surface area contributed by atoms with Gasteiger partial charge < -0.3 is 10.2 Å². The van der Waals surface area contributed by atoms with Crippen LogP contribution in [0.25, 0.3) is 0 Å². The summed E-state index contributed by atoms with van der Waals surface area (Å²) in [7, 11) is 0. The zero-order chi connectivity index (χ0) is 27.0. The molecule has 6 heteroatoms. The van der Waals surface area contributed by atoms with Crippen molar-refractivity contribution in [1.29, 1.82) is 0 Å². The normalized spacial score (nSPS) is 41.3. The molecule has 8 atom stereocenters. The third kappa shape index (κ3) is 3.60. The number of carbonyl (C=O) groups excluding carboxylic acids is 3. The summed E-state index contributed by atoms with van der Waals surface area (Å²) in [6.45, 7) is 14.1. The molecule has 6 nitrogen and oxygen atoms in total. The Morgan fingerprint density at radius 1 is 1.03 bits per heavy atom. The summed E-state index contributed by atoms with van der Waals surface area (Å²) in [6, 6.07) is 0. The van der Waals surface area contributed by atoms with E-state index >= 15 is 0 Å². The van der Waals surface area contributed by atoms with Crippen molar-refractivity contribution >= 4 is 23.3 Å². The first-order valence-corrected chi connectivity index (χ1v) is 13.7. The van der Waals surface area contributed by atoms with Gasteiger partial charge in [-0.25, -0.2) is 0 Å². The highest BCUT2D eigenvalue weighted by atomic mass is 16.4. The molecule has 4 rings (SSSR count). The Kier molecular flexibility index (Phi) is 6.51. The number of aliphatic hydroxyl groups is 1. The van der Waals surface area contributed by atoms with E-state index in [0.29, 0.717) is 25.7 Å². The van der Waals surface area contributed by atoms with Crippen LogP contribution in [-0.4, -0.2) is 39.6 Å². The van der Waals surface area contributed by atoms with Gasteiger partial charge >= 0.3 is 5.97 Å². The summed E-state index contributed by atoms with van der Waals surface area (Å²) in [4.78, 5) is 50.8. The Bertz CT molecular complexity index is 1040. The molecule has 0 amide bonds. The van der Waals surface area contributed by atoms with Crippen LogP contribution < -0.4 is 0 Å². The number of fused-ring (bicyclic) bond motifs is 4. The molecule has 0 radical (unpaired) electrons. The second kappa shape index (κ2) is 8.61. The molecule has 0 bridgehead atoms. The molecule has 3 unspecified atom stereocenters. The van der Waals surface area contributed by atoms with E-state index in [1.807, 2.05) is 20.8 Å². The van der Waals surface area contributed by atoms with E-state index in [4.69, 9.17) is 0 Å². The molecular formula is C30H44O6. The fraction of sp³-hybridized carbons (Fsp3) is 0.800. The van der Waals surface area contributed by atoms with Crippen LogP contribution in [0, 0.1) is 45.3 Å². The van der Waals surface area contributed by atoms with Gasteiger partial charge in [0.15, 0.2) is 5.78 Å². The van der Waals surface area contributed by atoms with Crippen LogP contribution in [0.1, 0.15) is 99.8 Å². The molecule has 2 N–H and O–H groups in total. The molecule has 2 fully saturated rings. The summed E-state index contributed by atoms with van der Waals surface area (Å²) < 4.78 is 0. The number of carboxylic acid groups (broad SMARTS) is 1. The highest BCUT2D eigenvalue weighted by Crippen LogP contribution is 2.71. The lowest BCUT2D eigenvalue weighted by Crippen LogP contribution is -2.57. The zero-order valence-electron chi connectivity index (χ0n) is 23.1. The zero-order valence-corrected chi connectivity index (χ0v) is 23.1. The maximum atomic E-state index is 14.0. The molecule has 36 heavy (non-hydrogen) atoms. The summed E-state index contributed by atoms with van der Waals surface area (Å²) in [5, 5.41) is 20.8. The lowest BCUT2D eigenvalue weighted by Gasteiger charge is -2.60. The van der Waals surface area contributed by atoms with Gasteiger partial charge in [-0.05, 0) is 48.9 Å². The minimum atomic E-state index is -0.971. The highest BCUT2D eigenvalue weighted by Gasteiger charge is 2.68. The van der Waals surface area contributed by atoms with Crippen LogP contribution >= 0.6 is 0 Å². The van der Waals surface area contributed by atoms with Crippen molar-refractivity contribution in [3.63, 3.8) is 0 Å². The molecule has 0 spiro atoms. The summed E-state index contributed by atoms with van der Waals surface area (Å²) >= 11 is 0. The molecular weight excluding hydrogens is 456 g/mol. The van der Waals surface area contributed by atoms with Gasteiger partial charge in [0.2, 0.25) is 0 Å². The fourth-order valence-corrected chi connectivity index (χ4v) is 9.26. The van der Waals surface area contributed by atoms with Crippen molar-refractivity contribution in [3.8, 4) is 0 Å². The lowest BCUT2D eigenvalue weighted by atomic mass is 9.43. The number of aliphatic carboxylic acids is 1. The monoisotopic (exact) mass is 500 g/mol. The number of carbonyl (C=O) groups is 4. The molecule has 0 heterocycles. The van der Waals surface area contributed by atoms with Crippen LogP contribution in [0.15, 0.2) is 11.1 Å². The first-order chi connectivity index (χ1) is 16.5. The van der Waals surface area contributed by atoms with Crippen LogP contribution in [0.2, 0.25) is 0 Å². The largest absolute Gasteiger partial charge is 0.481 e. The number of aliphatic hydroxyl groups excluding tert-OH is 1. The molecule has 200 valence electrons. The van der Waals surface area contributed by atoms with E-state index < -0.39 is 34.2 Å². The van der Waals surface area contributed by atoms with Gasteiger partial charge in [-0.3, -0.25) is 19.2 Å². The Labute approximate surface area is 215 Å². The maximum Gasteiger partial charge on any atom is 0.306 e. The minimum absolute atomic E-state index is 0.00537. The number of hydrogen-bond acceptors (Lipinski definition) is 5. The Hall–Kier alpha value is -1.82. The molecule has 0 saturated heterocycles. The van der Waals surface area contributed by atoms with Gasteiger partial charge in [0.05, 0.1) is 12.0 Å². The van der Waals surface area contributed by atoms with Crippen LogP contribution in [0.4, 0.5) is 0 Å². The topological polar surface area (TPSA) is 109 Å². The number of allylic oxidation sites excluding steroid dienone is 1. The van der Waals surface area contributed by atoms with Gasteiger partial charge in [-0.2, -0.15) is 0 Å².